The molecule has 12 heteroatoms. The minimum absolute atomic E-state index is 0.0596. The third-order valence-corrected chi connectivity index (χ3v) is 7.31. The maximum absolute atomic E-state index is 14.1. The smallest absolute Gasteiger partial charge is 0.416 e. The number of halogens is 3. The number of anilines is 2. The van der Waals surface area contributed by atoms with E-state index in [1.165, 1.54) is 31.5 Å². The molecule has 1 aliphatic rings. The van der Waals surface area contributed by atoms with Gasteiger partial charge in [0, 0.05) is 49.9 Å². The molecule has 1 fully saturated rings. The number of likely N-dealkylation sites (N-methyl/N-ethyl adjacent to an activating group) is 1. The molecule has 0 aliphatic carbocycles. The lowest BCUT2D eigenvalue weighted by Crippen LogP contribution is -2.31. The van der Waals surface area contributed by atoms with Gasteiger partial charge in [0.25, 0.3) is 5.91 Å². The van der Waals surface area contributed by atoms with E-state index in [0.717, 1.165) is 19.0 Å². The maximum Gasteiger partial charge on any atom is 0.416 e. The van der Waals surface area contributed by atoms with Crippen molar-refractivity contribution in [2.24, 2.45) is 0 Å². The molecule has 0 bridgehead atoms. The van der Waals surface area contributed by atoms with E-state index >= 15 is 0 Å². The number of alkyl halides is 3. The summed E-state index contributed by atoms with van der Waals surface area (Å²) in [7, 11) is 3.95. The molecule has 0 spiro atoms. The highest BCUT2D eigenvalue weighted by atomic mass is 19.4. The molecule has 2 amide bonds. The van der Waals surface area contributed by atoms with Gasteiger partial charge >= 0.3 is 6.18 Å². The minimum atomic E-state index is -4.57. The SMILES string of the molecule is CC(=O)Nc1cc(Oc2ccc3c(C(=O)Nc4ccc(CN5CCC(N(C)C)C5)c(C(F)(F)F)c4)cccc3c2)ncn1. The van der Waals surface area contributed by atoms with E-state index < -0.39 is 17.6 Å². The van der Waals surface area contributed by atoms with Gasteiger partial charge in [-0.05, 0) is 73.3 Å². The van der Waals surface area contributed by atoms with Gasteiger partial charge in [-0.1, -0.05) is 18.2 Å². The van der Waals surface area contributed by atoms with Crippen LogP contribution in [0.1, 0.15) is 34.8 Å². The Hall–Kier alpha value is -4.55. The second-order valence-corrected chi connectivity index (χ2v) is 10.7. The van der Waals surface area contributed by atoms with Crippen molar-refractivity contribution in [1.82, 2.24) is 19.8 Å². The Labute approximate surface area is 246 Å². The summed E-state index contributed by atoms with van der Waals surface area (Å²) in [5.41, 5.74) is -0.229. The van der Waals surface area contributed by atoms with Crippen LogP contribution in [0, 0.1) is 0 Å². The van der Waals surface area contributed by atoms with Crippen molar-refractivity contribution >= 4 is 34.1 Å². The molecule has 1 saturated heterocycles. The molecular formula is C31H31F3N6O3. The Kier molecular flexibility index (Phi) is 8.60. The van der Waals surface area contributed by atoms with Crippen LogP contribution in [0.3, 0.4) is 0 Å². The van der Waals surface area contributed by atoms with Crippen LogP contribution < -0.4 is 15.4 Å². The van der Waals surface area contributed by atoms with E-state index in [2.05, 4.69) is 25.5 Å². The molecule has 1 aliphatic heterocycles. The van der Waals surface area contributed by atoms with Crippen LogP contribution in [0.15, 0.2) is 67.0 Å². The van der Waals surface area contributed by atoms with Gasteiger partial charge < -0.3 is 20.3 Å². The number of carbonyl (C=O) groups excluding carboxylic acids is 2. The molecule has 0 radical (unpaired) electrons. The molecular weight excluding hydrogens is 561 g/mol. The summed E-state index contributed by atoms with van der Waals surface area (Å²) < 4.78 is 48.0. The van der Waals surface area contributed by atoms with Gasteiger partial charge in [-0.3, -0.25) is 14.5 Å². The van der Waals surface area contributed by atoms with Crippen molar-refractivity contribution < 1.29 is 27.5 Å². The van der Waals surface area contributed by atoms with Crippen molar-refractivity contribution in [2.75, 3.05) is 37.8 Å². The molecule has 43 heavy (non-hydrogen) atoms. The highest BCUT2D eigenvalue weighted by Crippen LogP contribution is 2.35. The van der Waals surface area contributed by atoms with Crippen LogP contribution in [0.2, 0.25) is 0 Å². The van der Waals surface area contributed by atoms with Crippen molar-refractivity contribution in [3.8, 4) is 11.6 Å². The summed E-state index contributed by atoms with van der Waals surface area (Å²) in [5.74, 6) is 0.0976. The summed E-state index contributed by atoms with van der Waals surface area (Å²) in [4.78, 5) is 36.7. The molecule has 4 aromatic rings. The second kappa shape index (κ2) is 12.4. The highest BCUT2D eigenvalue weighted by molar-refractivity contribution is 6.13. The number of benzene rings is 3. The molecule has 9 nitrogen and oxygen atoms in total. The number of ether oxygens (including phenoxy) is 1. The first kappa shape index (κ1) is 29.9. The Morgan fingerprint density at radius 3 is 2.58 bits per heavy atom. The zero-order valence-electron chi connectivity index (χ0n) is 23.9. The standard InChI is InChI=1S/C31H31F3N6O3/c1-19(41)37-28-15-29(36-18-35-28)43-24-9-10-25-20(13-24)5-4-6-26(25)30(42)38-22-8-7-21(27(14-22)31(32,33)34)16-40-12-11-23(17-40)39(2)3/h4-10,13-15,18,23H,11-12,16-17H2,1-3H3,(H,38,42)(H,35,36,37,41). The average molecular weight is 593 g/mol. The van der Waals surface area contributed by atoms with E-state index in [1.807, 2.05) is 19.0 Å². The quantitative estimate of drug-likeness (QED) is 0.267. The maximum atomic E-state index is 14.1. The van der Waals surface area contributed by atoms with Crippen LogP contribution in [0.5, 0.6) is 11.6 Å². The largest absolute Gasteiger partial charge is 0.439 e. The van der Waals surface area contributed by atoms with Gasteiger partial charge in [-0.15, -0.1) is 0 Å². The minimum Gasteiger partial charge on any atom is -0.439 e. The molecule has 2 heterocycles. The number of rotatable bonds is 8. The van der Waals surface area contributed by atoms with Gasteiger partial charge in [0.05, 0.1) is 5.56 Å². The van der Waals surface area contributed by atoms with E-state index in [0.29, 0.717) is 34.7 Å². The predicted molar refractivity (Wildman–Crippen MR) is 157 cm³/mol. The number of likely N-dealkylation sites (tertiary alicyclic amines) is 1. The summed E-state index contributed by atoms with van der Waals surface area (Å²) in [6, 6.07) is 15.9. The number of hydrogen-bond donors (Lipinski definition) is 2. The van der Waals surface area contributed by atoms with Crippen LogP contribution in [0.4, 0.5) is 24.7 Å². The van der Waals surface area contributed by atoms with Crippen molar-refractivity contribution in [1.29, 1.82) is 0 Å². The van der Waals surface area contributed by atoms with Gasteiger partial charge in [-0.2, -0.15) is 13.2 Å². The predicted octanol–water partition coefficient (Wildman–Crippen LogP) is 5.79. The molecule has 5 rings (SSSR count). The number of fused-ring (bicyclic) bond motifs is 1. The summed E-state index contributed by atoms with van der Waals surface area (Å²) in [6.45, 7) is 2.97. The topological polar surface area (TPSA) is 99.7 Å². The summed E-state index contributed by atoms with van der Waals surface area (Å²) >= 11 is 0. The first-order chi connectivity index (χ1) is 20.5. The van der Waals surface area contributed by atoms with Crippen LogP contribution >= 0.6 is 0 Å². The fourth-order valence-electron chi connectivity index (χ4n) is 5.16. The third-order valence-electron chi connectivity index (χ3n) is 7.31. The lowest BCUT2D eigenvalue weighted by Gasteiger charge is -2.22. The molecule has 1 unspecified atom stereocenters. The monoisotopic (exact) mass is 592 g/mol. The number of aromatic nitrogens is 2. The molecule has 1 aromatic heterocycles. The normalized spacial score (nSPS) is 15.6. The molecule has 1 atom stereocenters. The lowest BCUT2D eigenvalue weighted by molar-refractivity contribution is -0.138. The number of nitrogens with one attached hydrogen (secondary N) is 2. The Balaban J connectivity index is 1.33. The first-order valence-electron chi connectivity index (χ1n) is 13.7. The summed E-state index contributed by atoms with van der Waals surface area (Å²) in [6.07, 6.45) is -2.41. The van der Waals surface area contributed by atoms with E-state index in [4.69, 9.17) is 4.74 Å². The fraction of sp³-hybridized carbons (Fsp3) is 0.290. The summed E-state index contributed by atoms with van der Waals surface area (Å²) in [5, 5.41) is 6.46. The second-order valence-electron chi connectivity index (χ2n) is 10.7. The average Bonchev–Trinajstić information content (AvgIpc) is 3.41. The number of carbonyl (C=O) groups is 2. The van der Waals surface area contributed by atoms with Gasteiger partial charge in [0.15, 0.2) is 0 Å². The van der Waals surface area contributed by atoms with Crippen LogP contribution in [0.25, 0.3) is 10.8 Å². The zero-order valence-corrected chi connectivity index (χ0v) is 23.9. The molecule has 2 N–H and O–H groups in total. The Morgan fingerprint density at radius 1 is 1.05 bits per heavy atom. The Bertz CT molecular complexity index is 1660. The van der Waals surface area contributed by atoms with E-state index in [-0.39, 0.29) is 35.4 Å². The van der Waals surface area contributed by atoms with Gasteiger partial charge in [0.1, 0.15) is 17.9 Å². The van der Waals surface area contributed by atoms with Crippen LogP contribution in [-0.4, -0.2) is 64.8 Å². The fourth-order valence-corrected chi connectivity index (χ4v) is 5.16. The van der Waals surface area contributed by atoms with Crippen molar-refractivity contribution in [2.45, 2.75) is 32.1 Å². The Morgan fingerprint density at radius 2 is 1.86 bits per heavy atom. The first-order valence-corrected chi connectivity index (χ1v) is 13.7. The molecule has 0 saturated carbocycles. The van der Waals surface area contributed by atoms with Gasteiger partial charge in [-0.25, -0.2) is 9.97 Å². The number of hydrogen-bond acceptors (Lipinski definition) is 7. The van der Waals surface area contributed by atoms with Gasteiger partial charge in [0.2, 0.25) is 11.8 Å². The third kappa shape index (κ3) is 7.27. The number of amides is 2. The molecule has 3 aromatic carbocycles. The molecule has 224 valence electrons. The van der Waals surface area contributed by atoms with Crippen molar-refractivity contribution in [3.63, 3.8) is 0 Å². The number of nitrogens with zero attached hydrogens (tertiary/aromatic N) is 4. The van der Waals surface area contributed by atoms with Crippen molar-refractivity contribution in [3.05, 3.63) is 83.7 Å². The van der Waals surface area contributed by atoms with Crippen LogP contribution in [-0.2, 0) is 17.5 Å². The van der Waals surface area contributed by atoms with E-state index in [1.54, 1.807) is 36.4 Å². The van der Waals surface area contributed by atoms with E-state index in [9.17, 15) is 22.8 Å². The zero-order chi connectivity index (χ0) is 30.7. The highest BCUT2D eigenvalue weighted by Gasteiger charge is 2.35. The lowest BCUT2D eigenvalue weighted by atomic mass is 10.0.